The average Bonchev–Trinajstić information content (AvgIpc) is 2.90. The van der Waals surface area contributed by atoms with E-state index in [1.807, 2.05) is 18.4 Å². The van der Waals surface area contributed by atoms with Gasteiger partial charge in [0.2, 0.25) is 0 Å². The lowest BCUT2D eigenvalue weighted by Gasteiger charge is -2.26. The minimum absolute atomic E-state index is 0.689. The molecule has 0 saturated carbocycles. The number of nitrogens with one attached hydrogen (secondary N) is 1. The summed E-state index contributed by atoms with van der Waals surface area (Å²) in [7, 11) is 2.15. The second-order valence-electron chi connectivity index (χ2n) is 5.47. The molecule has 2 heterocycles. The molecule has 1 unspecified atom stereocenters. The van der Waals surface area contributed by atoms with E-state index in [0.29, 0.717) is 6.04 Å². The van der Waals surface area contributed by atoms with Crippen LogP contribution in [-0.4, -0.2) is 26.2 Å². The van der Waals surface area contributed by atoms with Gasteiger partial charge in [0.1, 0.15) is 11.8 Å². The first-order valence-electron chi connectivity index (χ1n) is 7.25. The first kappa shape index (κ1) is 12.5. The van der Waals surface area contributed by atoms with Gasteiger partial charge in [-0.25, -0.2) is 0 Å². The number of furan rings is 1. The molecule has 0 spiro atoms. The van der Waals surface area contributed by atoms with Crippen LogP contribution in [0.1, 0.15) is 25.7 Å². The zero-order chi connectivity index (χ0) is 13.1. The highest BCUT2D eigenvalue weighted by Crippen LogP contribution is 2.28. The molecule has 1 saturated heterocycles. The Morgan fingerprint density at radius 3 is 3.05 bits per heavy atom. The van der Waals surface area contributed by atoms with Gasteiger partial charge in [-0.15, -0.1) is 0 Å². The molecule has 0 aliphatic carbocycles. The Kier molecular flexibility index (Phi) is 3.74. The SMILES string of the molecule is CN(CCC1CCCCN1)c1coc2ccccc12. The number of rotatable bonds is 4. The van der Waals surface area contributed by atoms with E-state index in [9.17, 15) is 0 Å². The van der Waals surface area contributed by atoms with E-state index in [1.54, 1.807) is 0 Å². The third-order valence-corrected chi connectivity index (χ3v) is 4.10. The molecule has 2 aromatic rings. The van der Waals surface area contributed by atoms with E-state index >= 15 is 0 Å². The van der Waals surface area contributed by atoms with E-state index in [-0.39, 0.29) is 0 Å². The highest BCUT2D eigenvalue weighted by molar-refractivity contribution is 5.90. The fourth-order valence-corrected chi connectivity index (χ4v) is 2.90. The van der Waals surface area contributed by atoms with Gasteiger partial charge >= 0.3 is 0 Å². The maximum atomic E-state index is 5.60. The van der Waals surface area contributed by atoms with Crippen LogP contribution in [0.4, 0.5) is 5.69 Å². The van der Waals surface area contributed by atoms with E-state index in [2.05, 4.69) is 29.4 Å². The minimum atomic E-state index is 0.689. The number of benzene rings is 1. The van der Waals surface area contributed by atoms with Gasteiger partial charge in [0, 0.05) is 25.0 Å². The monoisotopic (exact) mass is 258 g/mol. The summed E-state index contributed by atoms with van der Waals surface area (Å²) in [5, 5.41) is 4.82. The number of nitrogens with zero attached hydrogens (tertiary/aromatic N) is 1. The standard InChI is InChI=1S/C16H22N2O/c1-18(11-9-13-6-4-5-10-17-13)15-12-19-16-8-3-2-7-14(15)16/h2-3,7-8,12-13,17H,4-6,9-11H2,1H3. The van der Waals surface area contributed by atoms with Gasteiger partial charge < -0.3 is 14.6 Å². The van der Waals surface area contributed by atoms with Crippen molar-refractivity contribution in [2.75, 3.05) is 25.0 Å². The van der Waals surface area contributed by atoms with Crippen molar-refractivity contribution in [1.29, 1.82) is 0 Å². The maximum Gasteiger partial charge on any atom is 0.136 e. The average molecular weight is 258 g/mol. The quantitative estimate of drug-likeness (QED) is 0.911. The van der Waals surface area contributed by atoms with Crippen molar-refractivity contribution >= 4 is 16.7 Å². The van der Waals surface area contributed by atoms with Crippen LogP contribution in [0.25, 0.3) is 11.0 Å². The summed E-state index contributed by atoms with van der Waals surface area (Å²) in [5.41, 5.74) is 2.17. The smallest absolute Gasteiger partial charge is 0.136 e. The Morgan fingerprint density at radius 2 is 2.21 bits per heavy atom. The molecule has 1 aliphatic rings. The second kappa shape index (κ2) is 5.66. The van der Waals surface area contributed by atoms with Gasteiger partial charge in [-0.2, -0.15) is 0 Å². The first-order chi connectivity index (χ1) is 9.34. The van der Waals surface area contributed by atoms with Gasteiger partial charge in [0.15, 0.2) is 0 Å². The van der Waals surface area contributed by atoms with Crippen LogP contribution >= 0.6 is 0 Å². The van der Waals surface area contributed by atoms with Crippen LogP contribution in [0.2, 0.25) is 0 Å². The number of hydrogen-bond acceptors (Lipinski definition) is 3. The van der Waals surface area contributed by atoms with Gasteiger partial charge in [-0.05, 0) is 37.9 Å². The van der Waals surface area contributed by atoms with E-state index in [4.69, 9.17) is 4.42 Å². The molecule has 1 aromatic heterocycles. The maximum absolute atomic E-state index is 5.60. The first-order valence-corrected chi connectivity index (χ1v) is 7.25. The van der Waals surface area contributed by atoms with Crippen LogP contribution in [0.15, 0.2) is 34.9 Å². The molecule has 1 fully saturated rings. The Bertz CT molecular complexity index is 528. The lowest BCUT2D eigenvalue weighted by atomic mass is 10.0. The third kappa shape index (κ3) is 2.76. The molecule has 0 amide bonds. The summed E-state index contributed by atoms with van der Waals surface area (Å²) >= 11 is 0. The Hall–Kier alpha value is -1.48. The number of piperidine rings is 1. The molecule has 0 radical (unpaired) electrons. The van der Waals surface area contributed by atoms with Crippen molar-refractivity contribution < 1.29 is 4.42 Å². The van der Waals surface area contributed by atoms with Crippen molar-refractivity contribution in [3.63, 3.8) is 0 Å². The third-order valence-electron chi connectivity index (χ3n) is 4.10. The summed E-state index contributed by atoms with van der Waals surface area (Å²) in [4.78, 5) is 2.31. The largest absolute Gasteiger partial charge is 0.462 e. The highest BCUT2D eigenvalue weighted by Gasteiger charge is 2.15. The van der Waals surface area contributed by atoms with Crippen molar-refractivity contribution in [2.24, 2.45) is 0 Å². The summed E-state index contributed by atoms with van der Waals surface area (Å²) in [6.45, 7) is 2.25. The van der Waals surface area contributed by atoms with Gasteiger partial charge in [-0.1, -0.05) is 18.6 Å². The molecule has 3 heteroatoms. The van der Waals surface area contributed by atoms with Crippen LogP contribution in [0.5, 0.6) is 0 Å². The van der Waals surface area contributed by atoms with Crippen LogP contribution in [0, 0.1) is 0 Å². The van der Waals surface area contributed by atoms with E-state index in [0.717, 1.165) is 12.1 Å². The van der Waals surface area contributed by atoms with Crippen LogP contribution in [-0.2, 0) is 0 Å². The summed E-state index contributed by atoms with van der Waals surface area (Å²) in [6.07, 6.45) is 7.10. The Morgan fingerprint density at radius 1 is 1.32 bits per heavy atom. The molecule has 1 aromatic carbocycles. The Balaban J connectivity index is 1.64. The minimum Gasteiger partial charge on any atom is -0.462 e. The number of fused-ring (bicyclic) bond motifs is 1. The fourth-order valence-electron chi connectivity index (χ4n) is 2.90. The summed E-state index contributed by atoms with van der Waals surface area (Å²) in [6, 6.07) is 8.92. The molecule has 3 rings (SSSR count). The zero-order valence-corrected chi connectivity index (χ0v) is 11.6. The zero-order valence-electron chi connectivity index (χ0n) is 11.6. The van der Waals surface area contributed by atoms with Crippen molar-refractivity contribution in [3.05, 3.63) is 30.5 Å². The number of para-hydroxylation sites is 1. The molecule has 3 nitrogen and oxygen atoms in total. The summed E-state index contributed by atoms with van der Waals surface area (Å²) < 4.78 is 5.60. The fraction of sp³-hybridized carbons (Fsp3) is 0.500. The van der Waals surface area contributed by atoms with Crippen LogP contribution in [0.3, 0.4) is 0 Å². The normalized spacial score (nSPS) is 19.7. The molecule has 1 N–H and O–H groups in total. The molecular formula is C16H22N2O. The molecule has 1 aliphatic heterocycles. The van der Waals surface area contributed by atoms with E-state index < -0.39 is 0 Å². The van der Waals surface area contributed by atoms with Gasteiger partial charge in [0.25, 0.3) is 0 Å². The molecule has 0 bridgehead atoms. The summed E-state index contributed by atoms with van der Waals surface area (Å²) in [5.74, 6) is 0. The predicted octanol–water partition coefficient (Wildman–Crippen LogP) is 3.40. The molecule has 102 valence electrons. The number of anilines is 1. The lowest BCUT2D eigenvalue weighted by molar-refractivity contribution is 0.384. The van der Waals surface area contributed by atoms with Crippen molar-refractivity contribution in [2.45, 2.75) is 31.7 Å². The van der Waals surface area contributed by atoms with Crippen LogP contribution < -0.4 is 10.2 Å². The predicted molar refractivity (Wildman–Crippen MR) is 79.7 cm³/mol. The molecule has 1 atom stereocenters. The Labute approximate surface area is 114 Å². The molecule has 19 heavy (non-hydrogen) atoms. The molecular weight excluding hydrogens is 236 g/mol. The van der Waals surface area contributed by atoms with Gasteiger partial charge in [-0.3, -0.25) is 0 Å². The second-order valence-corrected chi connectivity index (χ2v) is 5.47. The van der Waals surface area contributed by atoms with Crippen molar-refractivity contribution in [1.82, 2.24) is 5.32 Å². The number of hydrogen-bond donors (Lipinski definition) is 1. The van der Waals surface area contributed by atoms with E-state index in [1.165, 1.54) is 43.3 Å². The van der Waals surface area contributed by atoms with Crippen molar-refractivity contribution in [3.8, 4) is 0 Å². The topological polar surface area (TPSA) is 28.4 Å². The highest BCUT2D eigenvalue weighted by atomic mass is 16.3. The lowest BCUT2D eigenvalue weighted by Crippen LogP contribution is -2.36. The van der Waals surface area contributed by atoms with Gasteiger partial charge in [0.05, 0.1) is 5.69 Å².